The summed E-state index contributed by atoms with van der Waals surface area (Å²) in [5, 5.41) is 11.7. The first-order valence-corrected chi connectivity index (χ1v) is 13.7. The molecule has 0 saturated carbocycles. The number of carboxylic acid groups (broad SMARTS) is 1. The van der Waals surface area contributed by atoms with Crippen LogP contribution in [0.3, 0.4) is 0 Å². The molecular weight excluding hydrogens is 400 g/mol. The minimum absolute atomic E-state index is 0.0243. The second-order valence-corrected chi connectivity index (χ2v) is 14.0. The van der Waals surface area contributed by atoms with Crippen LogP contribution in [0.4, 0.5) is 0 Å². The maximum absolute atomic E-state index is 10.9. The molecule has 0 amide bonds. The highest BCUT2D eigenvalue weighted by Gasteiger charge is 2.49. The molecule has 0 fully saturated rings. The fourth-order valence-corrected chi connectivity index (χ4v) is 8.98. The quantitative estimate of drug-likeness (QED) is 0.306. The number of hydrogen-bond donors (Lipinski definition) is 1. The standard InChI is InChI=1S/C27H40O3Si/c1-23(26(28)29)17-11-7-5-6-8-16-22-30-31(27(2,3)4,24-18-12-9-13-19-24)25-20-14-10-15-21-25/h9-10,12-15,18-21,23H,5-8,11,16-17,22H2,1-4H3,(H,28,29). The number of unbranched alkanes of at least 4 members (excludes halogenated alkanes) is 5. The van der Waals surface area contributed by atoms with E-state index in [0.717, 1.165) is 38.7 Å². The average Bonchev–Trinajstić information content (AvgIpc) is 2.75. The normalized spacial score (nSPS) is 13.2. The van der Waals surface area contributed by atoms with E-state index in [1.165, 1.54) is 23.2 Å². The third kappa shape index (κ3) is 7.05. The molecule has 1 atom stereocenters. The Labute approximate surface area is 190 Å². The molecule has 0 saturated heterocycles. The topological polar surface area (TPSA) is 46.5 Å². The zero-order valence-electron chi connectivity index (χ0n) is 19.8. The van der Waals surface area contributed by atoms with Crippen LogP contribution < -0.4 is 10.4 Å². The molecule has 0 aliphatic heterocycles. The summed E-state index contributed by atoms with van der Waals surface area (Å²) in [5.74, 6) is -0.902. The minimum atomic E-state index is -2.41. The first-order valence-electron chi connectivity index (χ1n) is 11.8. The van der Waals surface area contributed by atoms with Gasteiger partial charge in [-0.05, 0) is 28.3 Å². The molecule has 0 aliphatic carbocycles. The van der Waals surface area contributed by atoms with Crippen molar-refractivity contribution in [2.24, 2.45) is 5.92 Å². The van der Waals surface area contributed by atoms with Crippen LogP contribution in [0.15, 0.2) is 60.7 Å². The highest BCUT2D eigenvalue weighted by Crippen LogP contribution is 2.36. The molecule has 2 rings (SSSR count). The van der Waals surface area contributed by atoms with Crippen molar-refractivity contribution in [3.05, 3.63) is 60.7 Å². The van der Waals surface area contributed by atoms with Gasteiger partial charge in [0, 0.05) is 6.61 Å². The lowest BCUT2D eigenvalue weighted by atomic mass is 10.0. The summed E-state index contributed by atoms with van der Waals surface area (Å²) in [4.78, 5) is 10.9. The van der Waals surface area contributed by atoms with Gasteiger partial charge in [0.1, 0.15) is 0 Å². The average molecular weight is 441 g/mol. The van der Waals surface area contributed by atoms with Crippen molar-refractivity contribution in [3.63, 3.8) is 0 Å². The maximum atomic E-state index is 10.9. The Hall–Kier alpha value is -1.91. The Bertz CT molecular complexity index is 729. The summed E-state index contributed by atoms with van der Waals surface area (Å²) in [5.41, 5.74) is 0. The van der Waals surface area contributed by atoms with Gasteiger partial charge in [-0.25, -0.2) is 0 Å². The van der Waals surface area contributed by atoms with E-state index < -0.39 is 14.3 Å². The fourth-order valence-electron chi connectivity index (χ4n) is 4.37. The molecule has 0 spiro atoms. The van der Waals surface area contributed by atoms with Gasteiger partial charge in [0.2, 0.25) is 0 Å². The summed E-state index contributed by atoms with van der Waals surface area (Å²) in [6.07, 6.45) is 7.49. The van der Waals surface area contributed by atoms with E-state index in [1.807, 2.05) is 0 Å². The molecule has 4 heteroatoms. The van der Waals surface area contributed by atoms with Gasteiger partial charge in [0.05, 0.1) is 5.92 Å². The van der Waals surface area contributed by atoms with Gasteiger partial charge < -0.3 is 9.53 Å². The lowest BCUT2D eigenvalue weighted by molar-refractivity contribution is -0.141. The smallest absolute Gasteiger partial charge is 0.306 e. The Morgan fingerprint density at radius 3 is 1.74 bits per heavy atom. The number of carbonyl (C=O) groups is 1. The van der Waals surface area contributed by atoms with Crippen LogP contribution in [0, 0.1) is 5.92 Å². The second kappa shape index (κ2) is 12.2. The molecule has 0 heterocycles. The van der Waals surface area contributed by atoms with E-state index >= 15 is 0 Å². The molecule has 1 N–H and O–H groups in total. The third-order valence-corrected chi connectivity index (χ3v) is 11.2. The van der Waals surface area contributed by atoms with Crippen LogP contribution in [-0.2, 0) is 9.22 Å². The van der Waals surface area contributed by atoms with Gasteiger partial charge in [-0.2, -0.15) is 0 Å². The molecule has 0 aromatic heterocycles. The Balaban J connectivity index is 1.94. The van der Waals surface area contributed by atoms with Gasteiger partial charge >= 0.3 is 5.97 Å². The lowest BCUT2D eigenvalue weighted by Gasteiger charge is -2.43. The molecule has 1 unspecified atom stereocenters. The van der Waals surface area contributed by atoms with Gasteiger partial charge in [0.15, 0.2) is 0 Å². The van der Waals surface area contributed by atoms with E-state index in [1.54, 1.807) is 6.92 Å². The van der Waals surface area contributed by atoms with E-state index in [2.05, 4.69) is 81.4 Å². The molecular formula is C27H40O3Si. The first-order chi connectivity index (χ1) is 14.8. The first kappa shape index (κ1) is 25.3. The van der Waals surface area contributed by atoms with Crippen LogP contribution in [-0.4, -0.2) is 26.0 Å². The number of hydrogen-bond acceptors (Lipinski definition) is 2. The zero-order chi connectivity index (χ0) is 22.7. The summed E-state index contributed by atoms with van der Waals surface area (Å²) in [6.45, 7) is 9.53. The highest BCUT2D eigenvalue weighted by atomic mass is 28.4. The van der Waals surface area contributed by atoms with Crippen LogP contribution in [0.2, 0.25) is 5.04 Å². The van der Waals surface area contributed by atoms with Crippen LogP contribution >= 0.6 is 0 Å². The fraction of sp³-hybridized carbons (Fsp3) is 0.519. The van der Waals surface area contributed by atoms with E-state index in [-0.39, 0.29) is 11.0 Å². The molecule has 2 aromatic rings. The summed E-state index contributed by atoms with van der Waals surface area (Å²) < 4.78 is 6.93. The van der Waals surface area contributed by atoms with E-state index in [9.17, 15) is 4.79 Å². The van der Waals surface area contributed by atoms with Gasteiger partial charge in [0.25, 0.3) is 8.32 Å². The molecule has 170 valence electrons. The Kier molecular flexibility index (Phi) is 9.98. The zero-order valence-corrected chi connectivity index (χ0v) is 20.8. The monoisotopic (exact) mass is 440 g/mol. The van der Waals surface area contributed by atoms with Crippen molar-refractivity contribution in [3.8, 4) is 0 Å². The maximum Gasteiger partial charge on any atom is 0.306 e. The predicted octanol–water partition coefficient (Wildman–Crippen LogP) is 6.01. The van der Waals surface area contributed by atoms with Gasteiger partial charge in [-0.1, -0.05) is 120 Å². The number of benzene rings is 2. The molecule has 0 aliphatic rings. The van der Waals surface area contributed by atoms with E-state index in [4.69, 9.17) is 9.53 Å². The SMILES string of the molecule is CC(CCCCCCCCO[Si](c1ccccc1)(c1ccccc1)C(C)(C)C)C(=O)O. The van der Waals surface area contributed by atoms with Gasteiger partial charge in [-0.15, -0.1) is 0 Å². The molecule has 31 heavy (non-hydrogen) atoms. The van der Waals surface area contributed by atoms with Crippen molar-refractivity contribution in [2.45, 2.75) is 77.7 Å². The number of aliphatic carboxylic acids is 1. The van der Waals surface area contributed by atoms with Crippen molar-refractivity contribution >= 4 is 24.7 Å². The number of carboxylic acids is 1. The van der Waals surface area contributed by atoms with E-state index in [0.29, 0.717) is 0 Å². The summed E-state index contributed by atoms with van der Waals surface area (Å²) in [6, 6.07) is 21.6. The third-order valence-electron chi connectivity index (χ3n) is 6.19. The van der Waals surface area contributed by atoms with Gasteiger partial charge in [-0.3, -0.25) is 4.79 Å². The lowest BCUT2D eigenvalue weighted by Crippen LogP contribution is -2.66. The van der Waals surface area contributed by atoms with Crippen molar-refractivity contribution < 1.29 is 14.3 Å². The molecule has 0 radical (unpaired) electrons. The Morgan fingerprint density at radius 1 is 0.839 bits per heavy atom. The summed E-state index contributed by atoms with van der Waals surface area (Å²) >= 11 is 0. The number of rotatable bonds is 13. The molecule has 0 bridgehead atoms. The van der Waals surface area contributed by atoms with Crippen molar-refractivity contribution in [2.75, 3.05) is 6.61 Å². The highest BCUT2D eigenvalue weighted by molar-refractivity contribution is 6.99. The predicted molar refractivity (Wildman–Crippen MR) is 133 cm³/mol. The molecule has 2 aromatic carbocycles. The van der Waals surface area contributed by atoms with Crippen molar-refractivity contribution in [1.82, 2.24) is 0 Å². The van der Waals surface area contributed by atoms with Crippen molar-refractivity contribution in [1.29, 1.82) is 0 Å². The second-order valence-electron chi connectivity index (χ2n) is 9.66. The van der Waals surface area contributed by atoms with Crippen LogP contribution in [0.1, 0.15) is 72.6 Å². The van der Waals surface area contributed by atoms with Crippen LogP contribution in [0.5, 0.6) is 0 Å². The largest absolute Gasteiger partial charge is 0.481 e. The Morgan fingerprint density at radius 2 is 1.29 bits per heavy atom. The molecule has 3 nitrogen and oxygen atoms in total. The summed E-state index contributed by atoms with van der Waals surface area (Å²) in [7, 11) is -2.41. The minimum Gasteiger partial charge on any atom is -0.481 e. The van der Waals surface area contributed by atoms with Crippen LogP contribution in [0.25, 0.3) is 0 Å².